The van der Waals surface area contributed by atoms with Crippen LogP contribution in [0.2, 0.25) is 0 Å². The van der Waals surface area contributed by atoms with E-state index in [0.717, 1.165) is 48.5 Å². The van der Waals surface area contributed by atoms with Crippen LogP contribution < -0.4 is 4.74 Å². The number of Topliss-reactive ketones (excluding diaryl/α,β-unsaturated/α-hetero) is 1. The van der Waals surface area contributed by atoms with Gasteiger partial charge in [0.15, 0.2) is 5.78 Å². The second-order valence-electron chi connectivity index (χ2n) is 9.34. The Bertz CT molecular complexity index is 1220. The standard InChI is InChI=1S/C28H31N3O3/c1-20(32)24-10-12-26-28(29(2)17-18-31(24)26)13-15-30(16-14-28)27(33)22-9-11-25(34-3)23(19-22)21-7-5-4-6-8-21/h4-12,19H,13-18H2,1-3H3. The molecule has 0 unspecified atom stereocenters. The van der Waals surface area contributed by atoms with E-state index >= 15 is 0 Å². The summed E-state index contributed by atoms with van der Waals surface area (Å²) >= 11 is 0. The molecule has 1 fully saturated rings. The average molecular weight is 458 g/mol. The van der Waals surface area contributed by atoms with Gasteiger partial charge in [-0.15, -0.1) is 0 Å². The number of ketones is 1. The van der Waals surface area contributed by atoms with Gasteiger partial charge in [-0.3, -0.25) is 14.5 Å². The lowest BCUT2D eigenvalue weighted by Crippen LogP contribution is -2.56. The molecule has 2 aliphatic heterocycles. The van der Waals surface area contributed by atoms with E-state index in [1.165, 1.54) is 5.69 Å². The molecule has 176 valence electrons. The number of hydrogen-bond acceptors (Lipinski definition) is 4. The third-order valence-corrected chi connectivity index (χ3v) is 7.62. The van der Waals surface area contributed by atoms with Crippen LogP contribution in [0.1, 0.15) is 46.3 Å². The molecular weight excluding hydrogens is 426 g/mol. The highest BCUT2D eigenvalue weighted by Gasteiger charge is 2.45. The van der Waals surface area contributed by atoms with Crippen LogP contribution in [-0.2, 0) is 12.1 Å². The molecule has 0 aliphatic carbocycles. The predicted molar refractivity (Wildman–Crippen MR) is 132 cm³/mol. The van der Waals surface area contributed by atoms with Gasteiger partial charge >= 0.3 is 0 Å². The molecule has 0 atom stereocenters. The van der Waals surface area contributed by atoms with Crippen molar-refractivity contribution in [3.63, 3.8) is 0 Å². The van der Waals surface area contributed by atoms with Crippen molar-refractivity contribution in [1.82, 2.24) is 14.4 Å². The molecular formula is C28H31N3O3. The average Bonchev–Trinajstić information content (AvgIpc) is 3.32. The number of methoxy groups -OCH3 is 1. The first kappa shape index (κ1) is 22.4. The quantitative estimate of drug-likeness (QED) is 0.544. The van der Waals surface area contributed by atoms with E-state index in [0.29, 0.717) is 18.7 Å². The van der Waals surface area contributed by atoms with Gasteiger partial charge in [0, 0.05) is 49.9 Å². The van der Waals surface area contributed by atoms with E-state index in [9.17, 15) is 9.59 Å². The van der Waals surface area contributed by atoms with E-state index in [1.54, 1.807) is 14.0 Å². The lowest BCUT2D eigenvalue weighted by atomic mass is 9.81. The molecule has 6 nitrogen and oxygen atoms in total. The number of aromatic nitrogens is 1. The van der Waals surface area contributed by atoms with Gasteiger partial charge in [-0.25, -0.2) is 0 Å². The Labute approximate surface area is 200 Å². The smallest absolute Gasteiger partial charge is 0.253 e. The fourth-order valence-corrected chi connectivity index (χ4v) is 5.67. The normalized spacial score (nSPS) is 17.4. The van der Waals surface area contributed by atoms with Gasteiger partial charge in [-0.1, -0.05) is 30.3 Å². The van der Waals surface area contributed by atoms with Gasteiger partial charge < -0.3 is 14.2 Å². The van der Waals surface area contributed by atoms with Crippen molar-refractivity contribution < 1.29 is 14.3 Å². The van der Waals surface area contributed by atoms with E-state index in [2.05, 4.69) is 22.6 Å². The molecule has 34 heavy (non-hydrogen) atoms. The van der Waals surface area contributed by atoms with Crippen LogP contribution in [0, 0.1) is 0 Å². The highest BCUT2D eigenvalue weighted by molar-refractivity contribution is 5.96. The van der Waals surface area contributed by atoms with Crippen molar-refractivity contribution in [3.8, 4) is 16.9 Å². The lowest BCUT2D eigenvalue weighted by Gasteiger charge is -2.50. The molecule has 2 aliphatic rings. The molecule has 3 aromatic rings. The van der Waals surface area contributed by atoms with E-state index in [-0.39, 0.29) is 17.2 Å². The first-order chi connectivity index (χ1) is 16.4. The summed E-state index contributed by atoms with van der Waals surface area (Å²) in [5, 5.41) is 0. The number of benzene rings is 2. The summed E-state index contributed by atoms with van der Waals surface area (Å²) in [6.07, 6.45) is 1.69. The Balaban J connectivity index is 1.39. The molecule has 3 heterocycles. The van der Waals surface area contributed by atoms with Gasteiger partial charge in [0.25, 0.3) is 5.91 Å². The van der Waals surface area contributed by atoms with Gasteiger partial charge in [-0.05, 0) is 55.8 Å². The first-order valence-corrected chi connectivity index (χ1v) is 11.9. The molecule has 5 rings (SSSR count). The first-order valence-electron chi connectivity index (χ1n) is 11.9. The maximum absolute atomic E-state index is 13.5. The van der Waals surface area contributed by atoms with Gasteiger partial charge in [-0.2, -0.15) is 0 Å². The van der Waals surface area contributed by atoms with E-state index < -0.39 is 0 Å². The molecule has 0 saturated carbocycles. The molecule has 6 heteroatoms. The number of rotatable bonds is 4. The second-order valence-corrected chi connectivity index (χ2v) is 9.34. The summed E-state index contributed by atoms with van der Waals surface area (Å²) in [6.45, 7) is 4.71. The Kier molecular flexibility index (Phi) is 5.78. The number of carbonyl (C=O) groups is 2. The largest absolute Gasteiger partial charge is 0.496 e. The maximum atomic E-state index is 13.5. The van der Waals surface area contributed by atoms with Crippen molar-refractivity contribution in [3.05, 3.63) is 77.6 Å². The summed E-state index contributed by atoms with van der Waals surface area (Å²) in [7, 11) is 3.82. The van der Waals surface area contributed by atoms with Crippen molar-refractivity contribution in [2.45, 2.75) is 31.8 Å². The van der Waals surface area contributed by atoms with Crippen molar-refractivity contribution in [2.24, 2.45) is 0 Å². The van der Waals surface area contributed by atoms with Crippen molar-refractivity contribution in [1.29, 1.82) is 0 Å². The predicted octanol–water partition coefficient (Wildman–Crippen LogP) is 4.44. The number of amides is 1. The lowest BCUT2D eigenvalue weighted by molar-refractivity contribution is 0.0128. The third-order valence-electron chi connectivity index (χ3n) is 7.62. The fourth-order valence-electron chi connectivity index (χ4n) is 5.67. The summed E-state index contributed by atoms with van der Waals surface area (Å²) in [6, 6.07) is 19.8. The van der Waals surface area contributed by atoms with Crippen LogP contribution in [0.4, 0.5) is 0 Å². The minimum atomic E-state index is -0.141. The summed E-state index contributed by atoms with van der Waals surface area (Å²) in [5.41, 5.74) is 4.47. The SMILES string of the molecule is COc1ccc(C(=O)N2CCC3(CC2)c2ccc(C(C)=O)n2CCN3C)cc1-c1ccccc1. The van der Waals surface area contributed by atoms with Crippen LogP contribution in [0.3, 0.4) is 0 Å². The Hall–Kier alpha value is -3.38. The molecule has 0 bridgehead atoms. The van der Waals surface area contributed by atoms with Gasteiger partial charge in [0.2, 0.25) is 0 Å². The Morgan fingerprint density at radius 2 is 1.65 bits per heavy atom. The maximum Gasteiger partial charge on any atom is 0.253 e. The molecule has 1 aromatic heterocycles. The molecule has 1 saturated heterocycles. The summed E-state index contributed by atoms with van der Waals surface area (Å²) in [5.74, 6) is 0.909. The van der Waals surface area contributed by atoms with Gasteiger partial charge in [0.1, 0.15) is 5.75 Å². The number of nitrogens with zero attached hydrogens (tertiary/aromatic N) is 3. The minimum Gasteiger partial charge on any atom is -0.496 e. The number of hydrogen-bond donors (Lipinski definition) is 0. The highest BCUT2D eigenvalue weighted by atomic mass is 16.5. The Morgan fingerprint density at radius 1 is 0.912 bits per heavy atom. The zero-order valence-electron chi connectivity index (χ0n) is 20.1. The van der Waals surface area contributed by atoms with Crippen LogP contribution in [-0.4, -0.2) is 59.8 Å². The minimum absolute atomic E-state index is 0.0490. The monoisotopic (exact) mass is 457 g/mol. The van der Waals surface area contributed by atoms with Gasteiger partial charge in [0.05, 0.1) is 18.3 Å². The van der Waals surface area contributed by atoms with Crippen molar-refractivity contribution >= 4 is 11.7 Å². The molecule has 0 radical (unpaired) electrons. The second kappa shape index (κ2) is 8.76. The zero-order chi connectivity index (χ0) is 23.9. The number of piperidine rings is 1. The summed E-state index contributed by atoms with van der Waals surface area (Å²) in [4.78, 5) is 30.0. The topological polar surface area (TPSA) is 54.8 Å². The van der Waals surface area contributed by atoms with E-state index in [4.69, 9.17) is 4.74 Å². The van der Waals surface area contributed by atoms with Crippen LogP contribution in [0.25, 0.3) is 11.1 Å². The molecule has 1 spiro atoms. The molecule has 0 N–H and O–H groups in total. The number of likely N-dealkylation sites (N-methyl/N-ethyl adjacent to an activating group) is 1. The Morgan fingerprint density at radius 3 is 2.32 bits per heavy atom. The number of carbonyl (C=O) groups excluding carboxylic acids is 2. The van der Waals surface area contributed by atoms with Crippen molar-refractivity contribution in [2.75, 3.05) is 33.8 Å². The van der Waals surface area contributed by atoms with Crippen LogP contribution in [0.15, 0.2) is 60.7 Å². The highest BCUT2D eigenvalue weighted by Crippen LogP contribution is 2.42. The molecule has 2 aromatic carbocycles. The number of fused-ring (bicyclic) bond motifs is 2. The zero-order valence-corrected chi connectivity index (χ0v) is 20.1. The third kappa shape index (κ3) is 3.62. The number of ether oxygens (including phenoxy) is 1. The fraction of sp³-hybridized carbons (Fsp3) is 0.357. The van der Waals surface area contributed by atoms with Crippen LogP contribution in [0.5, 0.6) is 5.75 Å². The summed E-state index contributed by atoms with van der Waals surface area (Å²) < 4.78 is 7.75. The number of likely N-dealkylation sites (tertiary alicyclic amines) is 1. The van der Waals surface area contributed by atoms with Crippen LogP contribution >= 0.6 is 0 Å². The molecule has 1 amide bonds. The van der Waals surface area contributed by atoms with E-state index in [1.807, 2.05) is 59.5 Å².